The normalized spacial score (nSPS) is 16.8. The molecule has 2 aromatic carbocycles. The molecule has 160 valence electrons. The average Bonchev–Trinajstić information content (AvgIpc) is 3.21. The number of carbonyl (C=O) groups excluding carboxylic acids is 2. The Kier molecular flexibility index (Phi) is 6.16. The molecule has 6 heteroatoms. The van der Waals surface area contributed by atoms with Crippen LogP contribution in [-0.4, -0.2) is 46.5 Å². The first kappa shape index (κ1) is 20.8. The summed E-state index contributed by atoms with van der Waals surface area (Å²) in [7, 11) is 0. The van der Waals surface area contributed by atoms with E-state index in [1.54, 1.807) is 4.90 Å². The van der Waals surface area contributed by atoms with Crippen LogP contribution in [0.3, 0.4) is 0 Å². The standard InChI is InChI=1S/C25H28N4O2/c1-17(2)22-15-23(28-27-22)25(31)29-13-12-26-24(30)20(16-29)14-19-10-6-7-11-21(19)18-8-4-3-5-9-18/h3-11,15,17,20H,12-14,16H2,1-2H3,(H,26,30)(H,27,28)/t20-/m1/s1. The van der Waals surface area contributed by atoms with E-state index in [1.165, 1.54) is 0 Å². The SMILES string of the molecule is CC(C)c1cc(C(=O)N2CCNC(=O)[C@H](Cc3ccccc3-c3ccccc3)C2)n[nH]1. The van der Waals surface area contributed by atoms with Crippen LogP contribution >= 0.6 is 0 Å². The summed E-state index contributed by atoms with van der Waals surface area (Å²) in [6, 6.07) is 20.1. The molecule has 0 radical (unpaired) electrons. The van der Waals surface area contributed by atoms with Gasteiger partial charge in [0.05, 0.1) is 5.92 Å². The van der Waals surface area contributed by atoms with Gasteiger partial charge in [0.25, 0.3) is 5.91 Å². The molecule has 0 saturated carbocycles. The highest BCUT2D eigenvalue weighted by Gasteiger charge is 2.30. The van der Waals surface area contributed by atoms with Crippen LogP contribution in [0.1, 0.15) is 41.5 Å². The van der Waals surface area contributed by atoms with E-state index in [4.69, 9.17) is 0 Å². The van der Waals surface area contributed by atoms with Gasteiger partial charge in [-0.3, -0.25) is 14.7 Å². The van der Waals surface area contributed by atoms with E-state index in [-0.39, 0.29) is 23.7 Å². The van der Waals surface area contributed by atoms with Crippen molar-refractivity contribution in [2.75, 3.05) is 19.6 Å². The van der Waals surface area contributed by atoms with Crippen molar-refractivity contribution < 1.29 is 9.59 Å². The molecule has 31 heavy (non-hydrogen) atoms. The minimum Gasteiger partial charge on any atom is -0.354 e. The van der Waals surface area contributed by atoms with Crippen molar-refractivity contribution in [1.82, 2.24) is 20.4 Å². The predicted octanol–water partition coefficient (Wildman–Crippen LogP) is 3.63. The van der Waals surface area contributed by atoms with Crippen molar-refractivity contribution in [2.45, 2.75) is 26.2 Å². The van der Waals surface area contributed by atoms with Crippen LogP contribution in [0.4, 0.5) is 0 Å². The number of rotatable bonds is 5. The fourth-order valence-corrected chi connectivity index (χ4v) is 4.01. The lowest BCUT2D eigenvalue weighted by molar-refractivity contribution is -0.124. The number of hydrogen-bond acceptors (Lipinski definition) is 3. The van der Waals surface area contributed by atoms with Crippen LogP contribution in [0, 0.1) is 5.92 Å². The minimum absolute atomic E-state index is 0.0111. The number of nitrogens with zero attached hydrogens (tertiary/aromatic N) is 2. The summed E-state index contributed by atoms with van der Waals surface area (Å²) in [6.07, 6.45) is 0.568. The van der Waals surface area contributed by atoms with Crippen molar-refractivity contribution in [1.29, 1.82) is 0 Å². The summed E-state index contributed by atoms with van der Waals surface area (Å²) < 4.78 is 0. The molecule has 1 saturated heterocycles. The quantitative estimate of drug-likeness (QED) is 0.667. The van der Waals surface area contributed by atoms with Crippen molar-refractivity contribution in [2.24, 2.45) is 5.92 Å². The van der Waals surface area contributed by atoms with Crippen molar-refractivity contribution >= 4 is 11.8 Å². The molecule has 1 aliphatic rings. The van der Waals surface area contributed by atoms with E-state index in [9.17, 15) is 9.59 Å². The van der Waals surface area contributed by atoms with Gasteiger partial charge in [0.1, 0.15) is 5.69 Å². The third-order valence-corrected chi connectivity index (χ3v) is 5.79. The molecule has 0 spiro atoms. The number of hydrogen-bond donors (Lipinski definition) is 2. The summed E-state index contributed by atoms with van der Waals surface area (Å²) in [5.41, 5.74) is 4.68. The molecule has 2 N–H and O–H groups in total. The molecule has 1 fully saturated rings. The van der Waals surface area contributed by atoms with E-state index in [1.807, 2.05) is 36.4 Å². The first-order valence-electron chi connectivity index (χ1n) is 10.8. The zero-order valence-electron chi connectivity index (χ0n) is 18.0. The van der Waals surface area contributed by atoms with Crippen LogP contribution in [0.5, 0.6) is 0 Å². The molecule has 1 atom stereocenters. The Morgan fingerprint density at radius 1 is 1.13 bits per heavy atom. The van der Waals surface area contributed by atoms with Gasteiger partial charge in [-0.15, -0.1) is 0 Å². The minimum atomic E-state index is -0.320. The maximum atomic E-state index is 13.1. The molecule has 3 aromatic rings. The summed E-state index contributed by atoms with van der Waals surface area (Å²) in [5.74, 6) is -0.201. The smallest absolute Gasteiger partial charge is 0.274 e. The molecule has 2 amide bonds. The zero-order chi connectivity index (χ0) is 21.8. The second-order valence-electron chi connectivity index (χ2n) is 8.33. The second kappa shape index (κ2) is 9.16. The molecular weight excluding hydrogens is 388 g/mol. The van der Waals surface area contributed by atoms with Crippen LogP contribution in [0.15, 0.2) is 60.7 Å². The highest BCUT2D eigenvalue weighted by atomic mass is 16.2. The number of amides is 2. The topological polar surface area (TPSA) is 78.1 Å². The van der Waals surface area contributed by atoms with E-state index in [2.05, 4.69) is 53.6 Å². The van der Waals surface area contributed by atoms with Gasteiger partial charge in [0, 0.05) is 25.3 Å². The molecule has 4 rings (SSSR count). The maximum Gasteiger partial charge on any atom is 0.274 e. The Morgan fingerprint density at radius 3 is 2.61 bits per heavy atom. The highest BCUT2D eigenvalue weighted by Crippen LogP contribution is 2.26. The van der Waals surface area contributed by atoms with Crippen LogP contribution in [0.2, 0.25) is 0 Å². The molecule has 1 aromatic heterocycles. The first-order chi connectivity index (χ1) is 15.0. The molecule has 0 unspecified atom stereocenters. The van der Waals surface area contributed by atoms with Gasteiger partial charge in [0.2, 0.25) is 5.91 Å². The Bertz CT molecular complexity index is 1060. The van der Waals surface area contributed by atoms with Gasteiger partial charge in [-0.1, -0.05) is 68.4 Å². The van der Waals surface area contributed by atoms with Gasteiger partial charge in [-0.2, -0.15) is 5.10 Å². The lowest BCUT2D eigenvalue weighted by atomic mass is 9.91. The molecule has 0 aliphatic carbocycles. The van der Waals surface area contributed by atoms with Crippen molar-refractivity contribution in [3.8, 4) is 11.1 Å². The number of benzene rings is 2. The van der Waals surface area contributed by atoms with E-state index >= 15 is 0 Å². The number of aromatic amines is 1. The van der Waals surface area contributed by atoms with Gasteiger partial charge in [-0.05, 0) is 35.1 Å². The van der Waals surface area contributed by atoms with E-state index in [0.29, 0.717) is 31.7 Å². The third kappa shape index (κ3) is 4.68. The number of aromatic nitrogens is 2. The van der Waals surface area contributed by atoms with E-state index < -0.39 is 0 Å². The largest absolute Gasteiger partial charge is 0.354 e. The Balaban J connectivity index is 1.56. The summed E-state index contributed by atoms with van der Waals surface area (Å²) in [6.45, 7) is 5.40. The maximum absolute atomic E-state index is 13.1. The molecule has 0 bridgehead atoms. The number of H-pyrrole nitrogens is 1. The van der Waals surface area contributed by atoms with Gasteiger partial charge in [0.15, 0.2) is 0 Å². The first-order valence-corrected chi connectivity index (χ1v) is 10.8. The predicted molar refractivity (Wildman–Crippen MR) is 121 cm³/mol. The fourth-order valence-electron chi connectivity index (χ4n) is 4.01. The highest BCUT2D eigenvalue weighted by molar-refractivity contribution is 5.93. The molecule has 6 nitrogen and oxygen atoms in total. The molecule has 2 heterocycles. The third-order valence-electron chi connectivity index (χ3n) is 5.79. The summed E-state index contributed by atoms with van der Waals surface area (Å²) >= 11 is 0. The van der Waals surface area contributed by atoms with Gasteiger partial charge >= 0.3 is 0 Å². The van der Waals surface area contributed by atoms with Crippen LogP contribution in [-0.2, 0) is 11.2 Å². The molecular formula is C25H28N4O2. The van der Waals surface area contributed by atoms with E-state index in [0.717, 1.165) is 22.4 Å². The van der Waals surface area contributed by atoms with Crippen LogP contribution < -0.4 is 5.32 Å². The Labute approximate surface area is 182 Å². The van der Waals surface area contributed by atoms with Crippen molar-refractivity contribution in [3.05, 3.63) is 77.6 Å². The Hall–Kier alpha value is -3.41. The summed E-state index contributed by atoms with van der Waals surface area (Å²) in [5, 5.41) is 10.1. The van der Waals surface area contributed by atoms with Crippen LogP contribution in [0.25, 0.3) is 11.1 Å². The fraction of sp³-hybridized carbons (Fsp3) is 0.320. The lowest BCUT2D eigenvalue weighted by Crippen LogP contribution is -2.37. The van der Waals surface area contributed by atoms with Crippen molar-refractivity contribution in [3.63, 3.8) is 0 Å². The monoisotopic (exact) mass is 416 g/mol. The number of carbonyl (C=O) groups is 2. The Morgan fingerprint density at radius 2 is 1.87 bits per heavy atom. The second-order valence-corrected chi connectivity index (χ2v) is 8.33. The summed E-state index contributed by atoms with van der Waals surface area (Å²) in [4.78, 5) is 27.6. The zero-order valence-corrected chi connectivity index (χ0v) is 18.0. The van der Waals surface area contributed by atoms with Gasteiger partial charge < -0.3 is 10.2 Å². The average molecular weight is 417 g/mol. The van der Waals surface area contributed by atoms with Gasteiger partial charge in [-0.25, -0.2) is 0 Å². The molecule has 1 aliphatic heterocycles. The number of nitrogens with one attached hydrogen (secondary N) is 2. The lowest BCUT2D eigenvalue weighted by Gasteiger charge is -2.23.